The van der Waals surface area contributed by atoms with Crippen LogP contribution in [0.5, 0.6) is 0 Å². The normalized spacial score (nSPS) is 14.8. The number of halogens is 3. The summed E-state index contributed by atoms with van der Waals surface area (Å²) in [5.74, 6) is 0.522. The van der Waals surface area contributed by atoms with Crippen LogP contribution >= 0.6 is 0 Å². The molecular weight excluding hydrogens is 345 g/mol. The van der Waals surface area contributed by atoms with Crippen LogP contribution in [0, 0.1) is 6.92 Å². The van der Waals surface area contributed by atoms with E-state index in [1.165, 1.54) is 12.1 Å². The molecule has 2 aromatic heterocycles. The molecule has 1 amide bonds. The van der Waals surface area contributed by atoms with Crippen LogP contribution in [-0.2, 0) is 12.7 Å². The highest BCUT2D eigenvalue weighted by molar-refractivity contribution is 5.98. The molecule has 136 valence electrons. The molecule has 1 N–H and O–H groups in total. The molecule has 4 rings (SSSR count). The zero-order valence-electron chi connectivity index (χ0n) is 14.1. The van der Waals surface area contributed by atoms with Crippen molar-refractivity contribution in [3.63, 3.8) is 0 Å². The number of aryl methyl sites for hydroxylation is 1. The number of carbonyl (C=O) groups excluding carboxylic acids is 1. The summed E-state index contributed by atoms with van der Waals surface area (Å²) in [6.45, 7) is 2.10. The van der Waals surface area contributed by atoms with Crippen molar-refractivity contribution in [3.8, 4) is 0 Å². The molecule has 3 aromatic rings. The first-order chi connectivity index (χ1) is 12.3. The van der Waals surface area contributed by atoms with Crippen molar-refractivity contribution < 1.29 is 22.4 Å². The molecule has 2 heterocycles. The number of hydrogen-bond acceptors (Lipinski definition) is 2. The Bertz CT molecular complexity index is 963. The zero-order valence-corrected chi connectivity index (χ0v) is 14.1. The Morgan fingerprint density at radius 2 is 1.92 bits per heavy atom. The lowest BCUT2D eigenvalue weighted by atomic mass is 10.1. The summed E-state index contributed by atoms with van der Waals surface area (Å²) in [7, 11) is 0. The quantitative estimate of drug-likeness (QED) is 0.743. The fraction of sp³-hybridized carbons (Fsp3) is 0.316. The van der Waals surface area contributed by atoms with Gasteiger partial charge in [0.15, 0.2) is 5.58 Å². The van der Waals surface area contributed by atoms with Crippen LogP contribution in [0.2, 0.25) is 0 Å². The van der Waals surface area contributed by atoms with Gasteiger partial charge in [0.05, 0.1) is 11.1 Å². The lowest BCUT2D eigenvalue weighted by molar-refractivity contribution is -0.137. The maximum absolute atomic E-state index is 12.7. The van der Waals surface area contributed by atoms with Crippen LogP contribution in [0.25, 0.3) is 11.1 Å². The molecule has 1 saturated carbocycles. The smallest absolute Gasteiger partial charge is 0.416 e. The second-order valence-electron chi connectivity index (χ2n) is 6.66. The number of amides is 1. The predicted octanol–water partition coefficient (Wildman–Crippen LogP) is 4.50. The molecule has 0 unspecified atom stereocenters. The van der Waals surface area contributed by atoms with Gasteiger partial charge in [0, 0.05) is 24.7 Å². The van der Waals surface area contributed by atoms with Crippen molar-refractivity contribution in [2.24, 2.45) is 0 Å². The number of hydrogen-bond donors (Lipinski definition) is 1. The highest BCUT2D eigenvalue weighted by Gasteiger charge is 2.30. The second kappa shape index (κ2) is 5.93. The van der Waals surface area contributed by atoms with Gasteiger partial charge in [0.25, 0.3) is 5.91 Å². The maximum Gasteiger partial charge on any atom is 0.416 e. The first kappa shape index (κ1) is 16.8. The molecule has 26 heavy (non-hydrogen) atoms. The van der Waals surface area contributed by atoms with Crippen LogP contribution < -0.4 is 5.32 Å². The van der Waals surface area contributed by atoms with Gasteiger partial charge in [0.2, 0.25) is 0 Å². The minimum absolute atomic E-state index is 0.191. The fourth-order valence-corrected chi connectivity index (χ4v) is 2.99. The number of carbonyl (C=O) groups is 1. The standard InChI is InChI=1S/C19H17F3N2O2/c1-11-8-15-17(26-11)9-16(18(25)23-14-6-7-14)24(15)10-12-2-4-13(5-3-12)19(20,21)22/h2-5,8-9,14H,6-7,10H2,1H3,(H,23,25). The van der Waals surface area contributed by atoms with E-state index in [9.17, 15) is 18.0 Å². The molecular formula is C19H17F3N2O2. The van der Waals surface area contributed by atoms with Crippen LogP contribution in [0.1, 0.15) is 40.2 Å². The zero-order chi connectivity index (χ0) is 18.5. The molecule has 0 saturated heterocycles. The molecule has 1 fully saturated rings. The van der Waals surface area contributed by atoms with Crippen molar-refractivity contribution in [3.05, 3.63) is 59.0 Å². The Labute approximate surface area is 147 Å². The largest absolute Gasteiger partial charge is 0.460 e. The number of fused-ring (bicyclic) bond motifs is 1. The number of nitrogens with one attached hydrogen (secondary N) is 1. The Morgan fingerprint density at radius 3 is 2.54 bits per heavy atom. The molecule has 7 heteroatoms. The van der Waals surface area contributed by atoms with Gasteiger partial charge < -0.3 is 14.3 Å². The summed E-state index contributed by atoms with van der Waals surface area (Å²) in [5.41, 5.74) is 1.78. The summed E-state index contributed by atoms with van der Waals surface area (Å²) in [4.78, 5) is 12.5. The predicted molar refractivity (Wildman–Crippen MR) is 90.0 cm³/mol. The Hall–Kier alpha value is -2.70. The molecule has 1 aliphatic rings. The van der Waals surface area contributed by atoms with Gasteiger partial charge in [-0.05, 0) is 37.5 Å². The van der Waals surface area contributed by atoms with Gasteiger partial charge in [0.1, 0.15) is 11.5 Å². The van der Waals surface area contributed by atoms with E-state index < -0.39 is 11.7 Å². The Morgan fingerprint density at radius 1 is 1.23 bits per heavy atom. The van der Waals surface area contributed by atoms with E-state index in [0.29, 0.717) is 22.6 Å². The Balaban J connectivity index is 1.68. The molecule has 0 atom stereocenters. The SMILES string of the molecule is Cc1cc2c(cc(C(=O)NC3CC3)n2Cc2ccc(C(F)(F)F)cc2)o1. The van der Waals surface area contributed by atoms with Crippen LogP contribution in [-0.4, -0.2) is 16.5 Å². The second-order valence-corrected chi connectivity index (χ2v) is 6.66. The third-order valence-corrected chi connectivity index (χ3v) is 4.48. The molecule has 4 nitrogen and oxygen atoms in total. The number of benzene rings is 1. The van der Waals surface area contributed by atoms with Crippen molar-refractivity contribution in [2.75, 3.05) is 0 Å². The van der Waals surface area contributed by atoms with E-state index in [-0.39, 0.29) is 18.5 Å². The van der Waals surface area contributed by atoms with Gasteiger partial charge in [-0.25, -0.2) is 0 Å². The molecule has 1 aromatic carbocycles. The number of furan rings is 1. The van der Waals surface area contributed by atoms with E-state index in [1.54, 1.807) is 10.6 Å². The summed E-state index contributed by atoms with van der Waals surface area (Å²) < 4.78 is 45.6. The number of nitrogens with zero attached hydrogens (tertiary/aromatic N) is 1. The van der Waals surface area contributed by atoms with Gasteiger partial charge in [-0.1, -0.05) is 12.1 Å². The van der Waals surface area contributed by atoms with Crippen LogP contribution in [0.4, 0.5) is 13.2 Å². The highest BCUT2D eigenvalue weighted by atomic mass is 19.4. The molecule has 0 bridgehead atoms. The first-order valence-electron chi connectivity index (χ1n) is 8.38. The Kier molecular flexibility index (Phi) is 3.82. The van der Waals surface area contributed by atoms with Gasteiger partial charge >= 0.3 is 6.18 Å². The molecule has 0 radical (unpaired) electrons. The van der Waals surface area contributed by atoms with E-state index in [4.69, 9.17) is 4.42 Å². The van der Waals surface area contributed by atoms with Crippen molar-refractivity contribution >= 4 is 17.0 Å². The minimum atomic E-state index is -4.36. The summed E-state index contributed by atoms with van der Waals surface area (Å²) in [5, 5.41) is 2.94. The van der Waals surface area contributed by atoms with E-state index >= 15 is 0 Å². The van der Waals surface area contributed by atoms with Gasteiger partial charge in [-0.2, -0.15) is 13.2 Å². The van der Waals surface area contributed by atoms with Crippen LogP contribution in [0.3, 0.4) is 0 Å². The molecule has 0 aliphatic heterocycles. The van der Waals surface area contributed by atoms with Crippen molar-refractivity contribution in [1.29, 1.82) is 0 Å². The molecule has 0 spiro atoms. The van der Waals surface area contributed by atoms with Crippen molar-refractivity contribution in [1.82, 2.24) is 9.88 Å². The third-order valence-electron chi connectivity index (χ3n) is 4.48. The summed E-state index contributed by atoms with van der Waals surface area (Å²) in [6, 6.07) is 8.71. The fourth-order valence-electron chi connectivity index (χ4n) is 2.99. The van der Waals surface area contributed by atoms with Gasteiger partial charge in [-0.15, -0.1) is 0 Å². The third kappa shape index (κ3) is 3.21. The summed E-state index contributed by atoms with van der Waals surface area (Å²) in [6.07, 6.45) is -2.42. The monoisotopic (exact) mass is 362 g/mol. The average Bonchev–Trinajstić information content (AvgIpc) is 3.22. The number of aromatic nitrogens is 1. The number of alkyl halides is 3. The van der Waals surface area contributed by atoms with E-state index in [0.717, 1.165) is 30.5 Å². The minimum Gasteiger partial charge on any atom is -0.460 e. The molecule has 1 aliphatic carbocycles. The number of rotatable bonds is 4. The topological polar surface area (TPSA) is 47.2 Å². The average molecular weight is 362 g/mol. The summed E-state index contributed by atoms with van der Waals surface area (Å²) >= 11 is 0. The lowest BCUT2D eigenvalue weighted by Gasteiger charge is -2.12. The maximum atomic E-state index is 12.7. The highest BCUT2D eigenvalue weighted by Crippen LogP contribution is 2.30. The van der Waals surface area contributed by atoms with Crippen LogP contribution in [0.15, 0.2) is 40.8 Å². The first-order valence-corrected chi connectivity index (χ1v) is 8.38. The lowest BCUT2D eigenvalue weighted by Crippen LogP contribution is -2.27. The van der Waals surface area contributed by atoms with Gasteiger partial charge in [-0.3, -0.25) is 4.79 Å². The van der Waals surface area contributed by atoms with E-state index in [2.05, 4.69) is 5.32 Å². The van der Waals surface area contributed by atoms with E-state index in [1.807, 2.05) is 13.0 Å². The van der Waals surface area contributed by atoms with Crippen molar-refractivity contribution in [2.45, 2.75) is 38.5 Å².